The van der Waals surface area contributed by atoms with E-state index in [-0.39, 0.29) is 5.91 Å². The number of benzene rings is 2. The Labute approximate surface area is 197 Å². The Bertz CT molecular complexity index is 1040. The highest BCUT2D eigenvalue weighted by Gasteiger charge is 2.13. The highest BCUT2D eigenvalue weighted by molar-refractivity contribution is 9.10. The molecule has 0 spiro atoms. The van der Waals surface area contributed by atoms with E-state index in [1.165, 1.54) is 0 Å². The van der Waals surface area contributed by atoms with Gasteiger partial charge in [0.2, 0.25) is 0 Å². The Hall–Kier alpha value is -3.10. The zero-order valence-electron chi connectivity index (χ0n) is 18.5. The lowest BCUT2D eigenvalue weighted by molar-refractivity contribution is 0.102. The van der Waals surface area contributed by atoms with E-state index < -0.39 is 0 Å². The van der Waals surface area contributed by atoms with Crippen molar-refractivity contribution in [3.63, 3.8) is 0 Å². The molecule has 3 aromatic rings. The zero-order chi connectivity index (χ0) is 23.1. The van der Waals surface area contributed by atoms with E-state index >= 15 is 0 Å². The van der Waals surface area contributed by atoms with Crippen LogP contribution in [-0.4, -0.2) is 50.1 Å². The smallest absolute Gasteiger partial charge is 0.257 e. The SMILES string of the molecule is COc1ccc(CN(CCN(C)C)c2ccc(C(=O)Nc3cc(Br)ccc3N)cn2)cc1. The van der Waals surface area contributed by atoms with Crippen molar-refractivity contribution in [2.24, 2.45) is 0 Å². The Morgan fingerprint density at radius 3 is 2.47 bits per heavy atom. The predicted molar refractivity (Wildman–Crippen MR) is 133 cm³/mol. The Morgan fingerprint density at radius 2 is 1.84 bits per heavy atom. The van der Waals surface area contributed by atoms with Crippen molar-refractivity contribution in [3.8, 4) is 5.75 Å². The molecule has 0 saturated carbocycles. The number of nitrogens with zero attached hydrogens (tertiary/aromatic N) is 3. The number of nitrogens with two attached hydrogens (primary N) is 1. The van der Waals surface area contributed by atoms with Gasteiger partial charge in [-0.3, -0.25) is 4.79 Å². The molecule has 0 bridgehead atoms. The second kappa shape index (κ2) is 11.0. The Morgan fingerprint density at radius 1 is 1.09 bits per heavy atom. The van der Waals surface area contributed by atoms with E-state index in [0.717, 1.165) is 34.7 Å². The molecule has 0 saturated heterocycles. The molecular weight excluding hydrogens is 470 g/mol. The van der Waals surface area contributed by atoms with Crippen molar-refractivity contribution < 1.29 is 9.53 Å². The second-order valence-corrected chi connectivity index (χ2v) is 8.58. The number of ether oxygens (including phenoxy) is 1. The van der Waals surface area contributed by atoms with Crippen LogP contribution in [0.15, 0.2) is 65.3 Å². The number of carbonyl (C=O) groups is 1. The number of amides is 1. The maximum atomic E-state index is 12.7. The average molecular weight is 498 g/mol. The van der Waals surface area contributed by atoms with Crippen LogP contribution in [0.25, 0.3) is 0 Å². The van der Waals surface area contributed by atoms with Gasteiger partial charge < -0.3 is 25.6 Å². The number of anilines is 3. The number of hydrogen-bond donors (Lipinski definition) is 2. The number of rotatable bonds is 9. The number of methoxy groups -OCH3 is 1. The molecule has 0 aliphatic carbocycles. The van der Waals surface area contributed by atoms with E-state index in [0.29, 0.717) is 23.5 Å². The molecule has 0 aliphatic heterocycles. The van der Waals surface area contributed by atoms with Crippen LogP contribution in [0.4, 0.5) is 17.2 Å². The number of nitrogens with one attached hydrogen (secondary N) is 1. The average Bonchev–Trinajstić information content (AvgIpc) is 2.79. The number of nitrogen functional groups attached to an aromatic ring is 1. The molecule has 3 N–H and O–H groups in total. The molecule has 0 unspecified atom stereocenters. The standard InChI is InChI=1S/C24H28BrN5O2/c1-29(2)12-13-30(16-17-4-8-20(32-3)9-5-17)23-11-6-18(15-27-23)24(31)28-22-14-19(25)7-10-21(22)26/h4-11,14-15H,12-13,16,26H2,1-3H3,(H,28,31). The number of likely N-dealkylation sites (N-methyl/N-ethyl adjacent to an activating group) is 1. The molecule has 2 aromatic carbocycles. The summed E-state index contributed by atoms with van der Waals surface area (Å²) >= 11 is 3.39. The first-order valence-electron chi connectivity index (χ1n) is 10.2. The minimum Gasteiger partial charge on any atom is -0.497 e. The summed E-state index contributed by atoms with van der Waals surface area (Å²) in [7, 11) is 5.74. The van der Waals surface area contributed by atoms with Crippen LogP contribution in [0, 0.1) is 0 Å². The van der Waals surface area contributed by atoms with Crippen molar-refractivity contribution in [1.29, 1.82) is 0 Å². The van der Waals surface area contributed by atoms with Gasteiger partial charge in [-0.1, -0.05) is 28.1 Å². The van der Waals surface area contributed by atoms with Gasteiger partial charge in [0.05, 0.1) is 24.0 Å². The van der Waals surface area contributed by atoms with Crippen molar-refractivity contribution in [3.05, 3.63) is 76.4 Å². The summed E-state index contributed by atoms with van der Waals surface area (Å²) < 4.78 is 6.09. The molecule has 7 nitrogen and oxygen atoms in total. The molecule has 0 radical (unpaired) electrons. The van der Waals surface area contributed by atoms with Crippen LogP contribution in [0.2, 0.25) is 0 Å². The molecular formula is C24H28BrN5O2. The fourth-order valence-corrected chi connectivity index (χ4v) is 3.45. The maximum absolute atomic E-state index is 12.7. The number of pyridine rings is 1. The summed E-state index contributed by atoms with van der Waals surface area (Å²) in [5.41, 5.74) is 8.63. The number of hydrogen-bond acceptors (Lipinski definition) is 6. The molecule has 32 heavy (non-hydrogen) atoms. The van der Waals surface area contributed by atoms with Gasteiger partial charge in [0.25, 0.3) is 5.91 Å². The fraction of sp³-hybridized carbons (Fsp3) is 0.250. The molecule has 1 amide bonds. The molecule has 0 fully saturated rings. The quantitative estimate of drug-likeness (QED) is 0.429. The normalized spacial score (nSPS) is 10.8. The summed E-state index contributed by atoms with van der Waals surface area (Å²) in [6.07, 6.45) is 1.59. The van der Waals surface area contributed by atoms with Gasteiger partial charge in [-0.25, -0.2) is 4.98 Å². The lowest BCUT2D eigenvalue weighted by Gasteiger charge is -2.25. The highest BCUT2D eigenvalue weighted by atomic mass is 79.9. The van der Waals surface area contributed by atoms with Crippen LogP contribution >= 0.6 is 15.9 Å². The van der Waals surface area contributed by atoms with Gasteiger partial charge in [-0.2, -0.15) is 0 Å². The van der Waals surface area contributed by atoms with E-state index in [1.807, 2.05) is 50.5 Å². The van der Waals surface area contributed by atoms with Gasteiger partial charge in [0, 0.05) is 30.3 Å². The third-order valence-corrected chi connectivity index (χ3v) is 5.44. The van der Waals surface area contributed by atoms with Crippen LogP contribution in [0.3, 0.4) is 0 Å². The van der Waals surface area contributed by atoms with Gasteiger partial charge in [0.15, 0.2) is 0 Å². The van der Waals surface area contributed by atoms with E-state index in [1.54, 1.807) is 31.5 Å². The topological polar surface area (TPSA) is 83.7 Å². The van der Waals surface area contributed by atoms with Crippen molar-refractivity contribution in [1.82, 2.24) is 9.88 Å². The van der Waals surface area contributed by atoms with Crippen LogP contribution in [0.5, 0.6) is 5.75 Å². The number of aromatic nitrogens is 1. The van der Waals surface area contributed by atoms with E-state index in [9.17, 15) is 4.79 Å². The first-order chi connectivity index (χ1) is 15.4. The summed E-state index contributed by atoms with van der Waals surface area (Å²) in [4.78, 5) is 21.6. The van der Waals surface area contributed by atoms with Gasteiger partial charge in [-0.15, -0.1) is 0 Å². The molecule has 0 aliphatic rings. The molecule has 1 aromatic heterocycles. The maximum Gasteiger partial charge on any atom is 0.257 e. The second-order valence-electron chi connectivity index (χ2n) is 7.66. The predicted octanol–water partition coefficient (Wildman–Crippen LogP) is 4.26. The van der Waals surface area contributed by atoms with Crippen LogP contribution < -0.4 is 20.7 Å². The molecule has 3 rings (SSSR count). The molecule has 8 heteroatoms. The largest absolute Gasteiger partial charge is 0.497 e. The summed E-state index contributed by atoms with van der Waals surface area (Å²) in [5, 5.41) is 2.84. The highest BCUT2D eigenvalue weighted by Crippen LogP contribution is 2.24. The van der Waals surface area contributed by atoms with Gasteiger partial charge in [-0.05, 0) is 62.1 Å². The Kier molecular flexibility index (Phi) is 8.08. The van der Waals surface area contributed by atoms with Gasteiger partial charge >= 0.3 is 0 Å². The lowest BCUT2D eigenvalue weighted by Crippen LogP contribution is -2.32. The van der Waals surface area contributed by atoms with Gasteiger partial charge in [0.1, 0.15) is 11.6 Å². The van der Waals surface area contributed by atoms with Crippen LogP contribution in [0.1, 0.15) is 15.9 Å². The minimum absolute atomic E-state index is 0.260. The van der Waals surface area contributed by atoms with Crippen molar-refractivity contribution >= 4 is 39.0 Å². The number of halogens is 1. The molecule has 168 valence electrons. The summed E-state index contributed by atoms with van der Waals surface area (Å²) in [5.74, 6) is 1.37. The first kappa shape index (κ1) is 23.6. The minimum atomic E-state index is -0.260. The van der Waals surface area contributed by atoms with Crippen LogP contribution in [-0.2, 0) is 6.54 Å². The van der Waals surface area contributed by atoms with Crippen molar-refractivity contribution in [2.45, 2.75) is 6.54 Å². The third kappa shape index (κ3) is 6.45. The Balaban J connectivity index is 1.75. The summed E-state index contributed by atoms with van der Waals surface area (Å²) in [6, 6.07) is 17.0. The monoisotopic (exact) mass is 497 g/mol. The molecule has 0 atom stereocenters. The number of carbonyl (C=O) groups excluding carboxylic acids is 1. The summed E-state index contributed by atoms with van der Waals surface area (Å²) in [6.45, 7) is 2.37. The van der Waals surface area contributed by atoms with E-state index in [4.69, 9.17) is 10.5 Å². The van der Waals surface area contributed by atoms with E-state index in [2.05, 4.69) is 36.0 Å². The van der Waals surface area contributed by atoms with Crippen molar-refractivity contribution in [2.75, 3.05) is 50.2 Å². The zero-order valence-corrected chi connectivity index (χ0v) is 20.1. The fourth-order valence-electron chi connectivity index (χ4n) is 3.09. The molecule has 1 heterocycles. The lowest BCUT2D eigenvalue weighted by atomic mass is 10.2. The third-order valence-electron chi connectivity index (χ3n) is 4.95. The first-order valence-corrected chi connectivity index (χ1v) is 11.0.